The Balaban J connectivity index is 3.52. The van der Waals surface area contributed by atoms with Crippen molar-refractivity contribution in [2.45, 2.75) is 6.04 Å². The second-order valence-electron chi connectivity index (χ2n) is 3.14. The number of benzene rings is 1. The van der Waals surface area contributed by atoms with Crippen LogP contribution in [0.4, 0.5) is 4.39 Å². The fourth-order valence-corrected chi connectivity index (χ4v) is 2.03. The molecule has 0 spiro atoms. The summed E-state index contributed by atoms with van der Waals surface area (Å²) >= 11 is 3.05. The van der Waals surface area contributed by atoms with Crippen molar-refractivity contribution in [3.8, 4) is 11.5 Å². The van der Waals surface area contributed by atoms with Gasteiger partial charge in [-0.3, -0.25) is 4.79 Å². The van der Waals surface area contributed by atoms with E-state index in [0.29, 0.717) is 0 Å². The molecule has 0 aliphatic heterocycles. The number of methoxy groups -OCH3 is 2. The number of carboxylic acid groups (broad SMARTS) is 1. The first-order chi connectivity index (χ1) is 7.93. The number of ether oxygens (including phenoxy) is 2. The minimum Gasteiger partial charge on any atom is -0.492 e. The van der Waals surface area contributed by atoms with E-state index in [-0.39, 0.29) is 21.5 Å². The SMILES string of the molecule is COc1c(F)cc(Br)c(C(N)C(=O)O)c1OC. The summed E-state index contributed by atoms with van der Waals surface area (Å²) in [5.41, 5.74) is 5.62. The highest BCUT2D eigenvalue weighted by Gasteiger charge is 2.27. The number of hydrogen-bond donors (Lipinski definition) is 2. The molecule has 0 saturated carbocycles. The van der Waals surface area contributed by atoms with E-state index in [4.69, 9.17) is 20.3 Å². The Morgan fingerprint density at radius 3 is 2.41 bits per heavy atom. The van der Waals surface area contributed by atoms with E-state index in [1.165, 1.54) is 14.2 Å². The maximum Gasteiger partial charge on any atom is 0.325 e. The van der Waals surface area contributed by atoms with Gasteiger partial charge in [0.2, 0.25) is 0 Å². The van der Waals surface area contributed by atoms with Crippen molar-refractivity contribution in [2.24, 2.45) is 5.73 Å². The smallest absolute Gasteiger partial charge is 0.325 e. The van der Waals surface area contributed by atoms with Crippen LogP contribution in [0.2, 0.25) is 0 Å². The minimum atomic E-state index is -1.34. The number of carboxylic acids is 1. The van der Waals surface area contributed by atoms with Gasteiger partial charge in [-0.15, -0.1) is 0 Å². The van der Waals surface area contributed by atoms with E-state index in [1.54, 1.807) is 0 Å². The van der Waals surface area contributed by atoms with Gasteiger partial charge in [0.1, 0.15) is 6.04 Å². The van der Waals surface area contributed by atoms with E-state index in [0.717, 1.165) is 6.07 Å². The Morgan fingerprint density at radius 1 is 1.47 bits per heavy atom. The molecule has 1 unspecified atom stereocenters. The average Bonchev–Trinajstić information content (AvgIpc) is 2.27. The molecule has 0 aliphatic rings. The van der Waals surface area contributed by atoms with Crippen molar-refractivity contribution < 1.29 is 23.8 Å². The van der Waals surface area contributed by atoms with Crippen LogP contribution in [0.25, 0.3) is 0 Å². The lowest BCUT2D eigenvalue weighted by Crippen LogP contribution is -2.22. The summed E-state index contributed by atoms with van der Waals surface area (Å²) in [5, 5.41) is 8.88. The summed E-state index contributed by atoms with van der Waals surface area (Å²) < 4.78 is 23.5. The molecule has 0 radical (unpaired) electrons. The monoisotopic (exact) mass is 307 g/mol. The maximum atomic E-state index is 13.5. The van der Waals surface area contributed by atoms with E-state index in [9.17, 15) is 9.18 Å². The zero-order valence-corrected chi connectivity index (χ0v) is 10.7. The fourth-order valence-electron chi connectivity index (χ4n) is 1.40. The first kappa shape index (κ1) is 13.7. The molecule has 0 amide bonds. The first-order valence-electron chi connectivity index (χ1n) is 4.52. The van der Waals surface area contributed by atoms with Crippen LogP contribution in [0.15, 0.2) is 10.5 Å². The van der Waals surface area contributed by atoms with Crippen LogP contribution in [0.5, 0.6) is 11.5 Å². The Bertz CT molecular complexity index is 452. The van der Waals surface area contributed by atoms with E-state index in [1.807, 2.05) is 0 Å². The molecule has 5 nitrogen and oxygen atoms in total. The van der Waals surface area contributed by atoms with Crippen LogP contribution in [0.1, 0.15) is 11.6 Å². The van der Waals surface area contributed by atoms with Crippen LogP contribution in [0.3, 0.4) is 0 Å². The zero-order valence-electron chi connectivity index (χ0n) is 9.16. The largest absolute Gasteiger partial charge is 0.492 e. The molecule has 1 aromatic rings. The van der Waals surface area contributed by atoms with Gasteiger partial charge in [-0.25, -0.2) is 4.39 Å². The molecule has 0 bridgehead atoms. The van der Waals surface area contributed by atoms with Gasteiger partial charge in [0, 0.05) is 10.0 Å². The van der Waals surface area contributed by atoms with Gasteiger partial charge in [-0.1, -0.05) is 15.9 Å². The lowest BCUT2D eigenvalue weighted by Gasteiger charge is -2.17. The molecule has 7 heteroatoms. The number of hydrogen-bond acceptors (Lipinski definition) is 4. The van der Waals surface area contributed by atoms with Gasteiger partial charge in [0.15, 0.2) is 17.3 Å². The second-order valence-corrected chi connectivity index (χ2v) is 3.99. The van der Waals surface area contributed by atoms with Gasteiger partial charge in [-0.2, -0.15) is 0 Å². The molecule has 0 fully saturated rings. The summed E-state index contributed by atoms with van der Waals surface area (Å²) in [4.78, 5) is 10.9. The van der Waals surface area contributed by atoms with Crippen molar-refractivity contribution in [3.05, 3.63) is 21.9 Å². The van der Waals surface area contributed by atoms with Crippen LogP contribution in [-0.4, -0.2) is 25.3 Å². The third-order valence-electron chi connectivity index (χ3n) is 2.16. The summed E-state index contributed by atoms with van der Waals surface area (Å²) in [6.45, 7) is 0. The standard InChI is InChI=1S/C10H11BrFNO4/c1-16-8-5(12)3-4(11)6(9(8)17-2)7(13)10(14)15/h3,7H,13H2,1-2H3,(H,14,15). The summed E-state index contributed by atoms with van der Waals surface area (Å²) in [5.74, 6) is -2.13. The van der Waals surface area contributed by atoms with Crippen molar-refractivity contribution >= 4 is 21.9 Å². The minimum absolute atomic E-state index is 0.0331. The summed E-state index contributed by atoms with van der Waals surface area (Å²) in [6.07, 6.45) is 0. The van der Waals surface area contributed by atoms with Crippen molar-refractivity contribution in [1.82, 2.24) is 0 Å². The van der Waals surface area contributed by atoms with Gasteiger partial charge in [0.05, 0.1) is 14.2 Å². The van der Waals surface area contributed by atoms with Gasteiger partial charge >= 0.3 is 5.97 Å². The van der Waals surface area contributed by atoms with Crippen molar-refractivity contribution in [3.63, 3.8) is 0 Å². The Labute approximate surface area is 105 Å². The maximum absolute atomic E-state index is 13.5. The van der Waals surface area contributed by atoms with Gasteiger partial charge < -0.3 is 20.3 Å². The lowest BCUT2D eigenvalue weighted by molar-refractivity contribution is -0.138. The fraction of sp³-hybridized carbons (Fsp3) is 0.300. The normalized spacial score (nSPS) is 12.1. The molecule has 0 aliphatic carbocycles. The average molecular weight is 308 g/mol. The number of rotatable bonds is 4. The molecule has 1 atom stereocenters. The number of nitrogens with two attached hydrogens (primary N) is 1. The molecule has 17 heavy (non-hydrogen) atoms. The molecule has 3 N–H and O–H groups in total. The van der Waals surface area contributed by atoms with Crippen LogP contribution in [-0.2, 0) is 4.79 Å². The molecular weight excluding hydrogens is 297 g/mol. The van der Waals surface area contributed by atoms with Crippen molar-refractivity contribution in [1.29, 1.82) is 0 Å². The van der Waals surface area contributed by atoms with E-state index >= 15 is 0 Å². The van der Waals surface area contributed by atoms with E-state index in [2.05, 4.69) is 15.9 Å². The van der Waals surface area contributed by atoms with Crippen molar-refractivity contribution in [2.75, 3.05) is 14.2 Å². The number of carbonyl (C=O) groups is 1. The number of aliphatic carboxylic acids is 1. The highest BCUT2D eigenvalue weighted by atomic mass is 79.9. The zero-order chi connectivity index (χ0) is 13.2. The van der Waals surface area contributed by atoms with Crippen LogP contribution < -0.4 is 15.2 Å². The predicted octanol–water partition coefficient (Wildman–Crippen LogP) is 1.69. The third-order valence-corrected chi connectivity index (χ3v) is 2.82. The third kappa shape index (κ3) is 2.50. The quantitative estimate of drug-likeness (QED) is 0.884. The molecule has 1 aromatic carbocycles. The predicted molar refractivity (Wildman–Crippen MR) is 61.8 cm³/mol. The second kappa shape index (κ2) is 5.33. The molecule has 1 rings (SSSR count). The number of halogens is 2. The molecule has 0 aromatic heterocycles. The highest BCUT2D eigenvalue weighted by Crippen LogP contribution is 2.41. The molecule has 0 saturated heterocycles. The van der Waals surface area contributed by atoms with Gasteiger partial charge in [0.25, 0.3) is 0 Å². The van der Waals surface area contributed by atoms with Crippen LogP contribution in [0, 0.1) is 5.82 Å². The lowest BCUT2D eigenvalue weighted by atomic mass is 10.1. The molecular formula is C10H11BrFNO4. The summed E-state index contributed by atoms with van der Waals surface area (Å²) in [6, 6.07) is -0.256. The summed E-state index contributed by atoms with van der Waals surface area (Å²) in [7, 11) is 2.53. The van der Waals surface area contributed by atoms with Gasteiger partial charge in [-0.05, 0) is 6.07 Å². The molecule has 94 valence electrons. The van der Waals surface area contributed by atoms with Crippen LogP contribution >= 0.6 is 15.9 Å². The topological polar surface area (TPSA) is 81.8 Å². The molecule has 0 heterocycles. The Kier molecular flexibility index (Phi) is 4.30. The Morgan fingerprint density at radius 2 is 2.00 bits per heavy atom. The first-order valence-corrected chi connectivity index (χ1v) is 5.31. The van der Waals surface area contributed by atoms with E-state index < -0.39 is 17.8 Å². The highest BCUT2D eigenvalue weighted by molar-refractivity contribution is 9.10. The Hall–Kier alpha value is -1.34.